The number of nitrogens with two attached hydrogens (primary N) is 1. The molecular formula is C20H22FN7O2. The molecule has 0 atom stereocenters. The highest BCUT2D eigenvalue weighted by atomic mass is 19.1. The first kappa shape index (κ1) is 22.2. The predicted octanol–water partition coefficient (Wildman–Crippen LogP) is 2.80. The predicted molar refractivity (Wildman–Crippen MR) is 114 cm³/mol. The minimum absolute atomic E-state index is 0.0386. The second kappa shape index (κ2) is 10.5. The lowest BCUT2D eigenvalue weighted by Crippen LogP contribution is -2.17. The van der Waals surface area contributed by atoms with E-state index in [1.54, 1.807) is 32.2 Å². The van der Waals surface area contributed by atoms with Gasteiger partial charge in [0.05, 0.1) is 11.9 Å². The fourth-order valence-electron chi connectivity index (χ4n) is 2.21. The van der Waals surface area contributed by atoms with E-state index in [0.29, 0.717) is 28.5 Å². The van der Waals surface area contributed by atoms with Crippen LogP contribution in [0.3, 0.4) is 0 Å². The summed E-state index contributed by atoms with van der Waals surface area (Å²) in [5.74, 6) is -0.648. The first-order valence-electron chi connectivity index (χ1n) is 8.87. The number of rotatable bonds is 5. The summed E-state index contributed by atoms with van der Waals surface area (Å²) in [6, 6.07) is 7.62. The van der Waals surface area contributed by atoms with E-state index in [4.69, 9.17) is 11.1 Å². The van der Waals surface area contributed by atoms with E-state index in [2.05, 4.69) is 25.6 Å². The fraction of sp³-hybridized carbons (Fsp3) is 0.150. The molecule has 3 aromatic rings. The van der Waals surface area contributed by atoms with Gasteiger partial charge in [-0.1, -0.05) is 0 Å². The number of hydrogen-bond acceptors (Lipinski definition) is 7. The van der Waals surface area contributed by atoms with Crippen LogP contribution in [0.5, 0.6) is 0 Å². The number of anilines is 3. The molecule has 0 bridgehead atoms. The zero-order valence-corrected chi connectivity index (χ0v) is 16.5. The summed E-state index contributed by atoms with van der Waals surface area (Å²) in [6.07, 6.45) is 3.77. The first-order valence-corrected chi connectivity index (χ1v) is 8.87. The van der Waals surface area contributed by atoms with Crippen LogP contribution in [0.25, 0.3) is 0 Å². The molecule has 0 saturated heterocycles. The van der Waals surface area contributed by atoms with Crippen LogP contribution in [-0.2, 0) is 6.54 Å². The average molecular weight is 411 g/mol. The van der Waals surface area contributed by atoms with Crippen LogP contribution in [0.15, 0.2) is 53.7 Å². The summed E-state index contributed by atoms with van der Waals surface area (Å²) in [5, 5.41) is 12.1. The molecule has 0 radical (unpaired) electrons. The van der Waals surface area contributed by atoms with E-state index >= 15 is 0 Å². The van der Waals surface area contributed by atoms with Crippen LogP contribution in [0, 0.1) is 11.2 Å². The Hall–Kier alpha value is -4.08. The third-order valence-electron chi connectivity index (χ3n) is 3.52. The lowest BCUT2D eigenvalue weighted by molar-refractivity contribution is 0.102. The fourth-order valence-corrected chi connectivity index (χ4v) is 2.21. The number of nitrogens with one attached hydrogen (secondary N) is 4. The zero-order valence-electron chi connectivity index (χ0n) is 16.5. The van der Waals surface area contributed by atoms with Gasteiger partial charge in [-0.3, -0.25) is 9.59 Å². The number of aromatic amines is 1. The van der Waals surface area contributed by atoms with Gasteiger partial charge in [0.1, 0.15) is 17.3 Å². The molecule has 0 aliphatic rings. The van der Waals surface area contributed by atoms with Gasteiger partial charge in [-0.25, -0.2) is 14.4 Å². The number of benzene rings is 1. The smallest absolute Gasteiger partial charge is 0.275 e. The highest BCUT2D eigenvalue weighted by Crippen LogP contribution is 2.19. The molecule has 1 amide bonds. The number of hydrogen-bond donors (Lipinski definition) is 5. The Kier molecular flexibility index (Phi) is 7.74. The SMILES string of the molecule is CC(C)=N.Nc1ncccc1NCc1cc(NC(=O)c2c[nH]c(=O)cn2)ccc1F. The van der Waals surface area contributed by atoms with E-state index in [9.17, 15) is 14.0 Å². The van der Waals surface area contributed by atoms with Crippen molar-refractivity contribution in [3.63, 3.8) is 0 Å². The number of nitrogen functional groups attached to an aromatic ring is 1. The molecule has 0 aliphatic carbocycles. The standard InChI is InChI=1S/C17H15FN6O2.C3H7N/c18-12-4-3-11(24-17(26)14-8-23-15(25)9-22-14)6-10(12)7-21-13-2-1-5-20-16(13)19;1-3(2)4/h1-6,8-9,21H,7H2,(H2,19,20)(H,23,25)(H,24,26);4H,1-2H3. The number of amides is 1. The zero-order chi connectivity index (χ0) is 22.1. The van der Waals surface area contributed by atoms with Crippen molar-refractivity contribution in [2.45, 2.75) is 20.4 Å². The monoisotopic (exact) mass is 411 g/mol. The number of halogens is 1. The molecule has 0 unspecified atom stereocenters. The molecule has 156 valence electrons. The third kappa shape index (κ3) is 6.82. The van der Waals surface area contributed by atoms with Gasteiger partial charge >= 0.3 is 0 Å². The Morgan fingerprint density at radius 1 is 1.27 bits per heavy atom. The van der Waals surface area contributed by atoms with Gasteiger partial charge in [-0.05, 0) is 44.2 Å². The van der Waals surface area contributed by atoms with Gasteiger partial charge in [0.25, 0.3) is 11.5 Å². The molecule has 0 fully saturated rings. The van der Waals surface area contributed by atoms with Crippen molar-refractivity contribution in [3.05, 3.63) is 76.4 Å². The average Bonchev–Trinajstić information content (AvgIpc) is 2.69. The Morgan fingerprint density at radius 2 is 2.00 bits per heavy atom. The van der Waals surface area contributed by atoms with Crippen LogP contribution in [0.2, 0.25) is 0 Å². The molecule has 3 rings (SSSR count). The summed E-state index contributed by atoms with van der Waals surface area (Å²) in [5.41, 5.74) is 7.34. The van der Waals surface area contributed by atoms with Crippen LogP contribution in [0.4, 0.5) is 21.6 Å². The van der Waals surface area contributed by atoms with Crippen LogP contribution in [0.1, 0.15) is 29.9 Å². The second-order valence-electron chi connectivity index (χ2n) is 6.35. The normalized spacial score (nSPS) is 9.83. The maximum atomic E-state index is 14.0. The number of pyridine rings is 1. The second-order valence-corrected chi connectivity index (χ2v) is 6.35. The molecule has 0 saturated carbocycles. The Labute approximate surface area is 172 Å². The van der Waals surface area contributed by atoms with Gasteiger partial charge in [0.2, 0.25) is 0 Å². The van der Waals surface area contributed by atoms with Gasteiger partial charge in [0.15, 0.2) is 0 Å². The van der Waals surface area contributed by atoms with Crippen molar-refractivity contribution in [2.75, 3.05) is 16.4 Å². The lowest BCUT2D eigenvalue weighted by Gasteiger charge is -2.11. The van der Waals surface area contributed by atoms with E-state index in [1.807, 2.05) is 0 Å². The van der Waals surface area contributed by atoms with Crippen molar-refractivity contribution in [2.24, 2.45) is 0 Å². The van der Waals surface area contributed by atoms with Crippen LogP contribution >= 0.6 is 0 Å². The van der Waals surface area contributed by atoms with E-state index in [0.717, 1.165) is 6.20 Å². The number of carbonyl (C=O) groups is 1. The largest absolute Gasteiger partial charge is 0.382 e. The molecule has 2 heterocycles. The highest BCUT2D eigenvalue weighted by molar-refractivity contribution is 6.02. The number of carbonyl (C=O) groups excluding carboxylic acids is 1. The summed E-state index contributed by atoms with van der Waals surface area (Å²) in [4.78, 5) is 33.1. The molecule has 0 aliphatic heterocycles. The minimum Gasteiger partial charge on any atom is -0.382 e. The van der Waals surface area contributed by atoms with Crippen molar-refractivity contribution >= 4 is 28.8 Å². The first-order chi connectivity index (χ1) is 14.3. The van der Waals surface area contributed by atoms with Crippen molar-refractivity contribution in [3.8, 4) is 0 Å². The van der Waals surface area contributed by atoms with E-state index in [1.165, 1.54) is 24.4 Å². The maximum absolute atomic E-state index is 14.0. The van der Waals surface area contributed by atoms with E-state index in [-0.39, 0.29) is 12.2 Å². The molecule has 30 heavy (non-hydrogen) atoms. The number of nitrogens with zero attached hydrogens (tertiary/aromatic N) is 2. The van der Waals surface area contributed by atoms with Crippen LogP contribution < -0.4 is 21.9 Å². The van der Waals surface area contributed by atoms with Gasteiger partial charge in [0, 0.05) is 35.9 Å². The van der Waals surface area contributed by atoms with Gasteiger partial charge in [-0.2, -0.15) is 0 Å². The summed E-state index contributed by atoms with van der Waals surface area (Å²) >= 11 is 0. The maximum Gasteiger partial charge on any atom is 0.275 e. The topological polar surface area (TPSA) is 150 Å². The van der Waals surface area contributed by atoms with Gasteiger partial charge in [-0.15, -0.1) is 0 Å². The van der Waals surface area contributed by atoms with Gasteiger partial charge < -0.3 is 26.8 Å². The number of H-pyrrole nitrogens is 1. The molecule has 9 nitrogen and oxygen atoms in total. The quantitative estimate of drug-likeness (QED) is 0.408. The molecule has 2 aromatic heterocycles. The number of aromatic nitrogens is 3. The third-order valence-corrected chi connectivity index (χ3v) is 3.52. The van der Waals surface area contributed by atoms with Crippen LogP contribution in [-0.4, -0.2) is 26.6 Å². The molecule has 6 N–H and O–H groups in total. The lowest BCUT2D eigenvalue weighted by atomic mass is 10.1. The Balaban J connectivity index is 0.000000735. The molecule has 1 aromatic carbocycles. The summed E-state index contributed by atoms with van der Waals surface area (Å²) in [6.45, 7) is 3.66. The summed E-state index contributed by atoms with van der Waals surface area (Å²) < 4.78 is 14.0. The van der Waals surface area contributed by atoms with Crippen molar-refractivity contribution in [1.29, 1.82) is 5.41 Å². The van der Waals surface area contributed by atoms with E-state index < -0.39 is 17.3 Å². The van der Waals surface area contributed by atoms with Crippen molar-refractivity contribution < 1.29 is 9.18 Å². The Morgan fingerprint density at radius 3 is 2.63 bits per heavy atom. The molecule has 10 heteroatoms. The summed E-state index contributed by atoms with van der Waals surface area (Å²) in [7, 11) is 0. The highest BCUT2D eigenvalue weighted by Gasteiger charge is 2.10. The molecular weight excluding hydrogens is 389 g/mol. The van der Waals surface area contributed by atoms with Crippen molar-refractivity contribution in [1.82, 2.24) is 15.0 Å². The Bertz CT molecular complexity index is 1070. The minimum atomic E-state index is -0.525. The molecule has 0 spiro atoms.